The van der Waals surface area contributed by atoms with Crippen LogP contribution in [0.4, 0.5) is 5.69 Å². The van der Waals surface area contributed by atoms with Crippen molar-refractivity contribution in [3.63, 3.8) is 0 Å². The van der Waals surface area contributed by atoms with E-state index in [2.05, 4.69) is 5.32 Å². The first-order valence-corrected chi connectivity index (χ1v) is 6.71. The van der Waals surface area contributed by atoms with E-state index < -0.39 is 17.8 Å². The molecule has 0 aliphatic carbocycles. The molecule has 0 saturated heterocycles. The zero-order valence-electron chi connectivity index (χ0n) is 12.1. The summed E-state index contributed by atoms with van der Waals surface area (Å²) >= 11 is 5.89. The van der Waals surface area contributed by atoms with Crippen LogP contribution in [0.1, 0.15) is 13.8 Å². The molecule has 7 heteroatoms. The Labute approximate surface area is 128 Å². The van der Waals surface area contributed by atoms with E-state index in [1.165, 1.54) is 13.0 Å². The molecule has 1 aromatic carbocycles. The number of benzene rings is 1. The Morgan fingerprint density at radius 2 is 2.05 bits per heavy atom. The first-order valence-electron chi connectivity index (χ1n) is 6.34. The topological polar surface area (TPSA) is 84.9 Å². The lowest BCUT2D eigenvalue weighted by Crippen LogP contribution is -2.27. The van der Waals surface area contributed by atoms with Gasteiger partial charge < -0.3 is 19.9 Å². The minimum Gasteiger partial charge on any atom is -0.486 e. The quantitative estimate of drug-likeness (QED) is 0.755. The second-order valence-corrected chi connectivity index (χ2v) is 5.01. The lowest BCUT2D eigenvalue weighted by Gasteiger charge is -2.18. The molecule has 2 atom stereocenters. The monoisotopic (exact) mass is 315 g/mol. The zero-order valence-corrected chi connectivity index (χ0v) is 12.8. The molecule has 6 nitrogen and oxygen atoms in total. The highest BCUT2D eigenvalue weighted by atomic mass is 35.5. The lowest BCUT2D eigenvalue weighted by molar-refractivity contribution is -0.144. The fourth-order valence-electron chi connectivity index (χ4n) is 1.54. The van der Waals surface area contributed by atoms with Gasteiger partial charge in [-0.3, -0.25) is 9.59 Å². The number of aliphatic carboxylic acids is 1. The minimum atomic E-state index is -1.20. The van der Waals surface area contributed by atoms with Crippen molar-refractivity contribution in [3.8, 4) is 5.75 Å². The smallest absolute Gasteiger partial charge is 0.315 e. The number of anilines is 1. The van der Waals surface area contributed by atoms with Crippen molar-refractivity contribution in [1.82, 2.24) is 0 Å². The van der Waals surface area contributed by atoms with Gasteiger partial charge in [0.25, 0.3) is 0 Å². The first kappa shape index (κ1) is 17.3. The normalized spacial score (nSPS) is 13.3. The molecule has 21 heavy (non-hydrogen) atoms. The molecule has 1 rings (SSSR count). The van der Waals surface area contributed by atoms with Crippen LogP contribution in [0.2, 0.25) is 5.02 Å². The van der Waals surface area contributed by atoms with Crippen LogP contribution >= 0.6 is 11.6 Å². The molecule has 0 bridgehead atoms. The number of ether oxygens (including phenoxy) is 2. The summed E-state index contributed by atoms with van der Waals surface area (Å²) in [6.45, 7) is 3.49. The fourth-order valence-corrected chi connectivity index (χ4v) is 1.71. The third-order valence-electron chi connectivity index (χ3n) is 2.69. The highest BCUT2D eigenvalue weighted by molar-refractivity contribution is 6.31. The summed E-state index contributed by atoms with van der Waals surface area (Å²) < 4.78 is 10.6. The summed E-state index contributed by atoms with van der Waals surface area (Å²) in [5, 5.41) is 11.7. The molecule has 0 aliphatic heterocycles. The van der Waals surface area contributed by atoms with Crippen LogP contribution in [-0.2, 0) is 14.3 Å². The molecule has 0 spiro atoms. The van der Waals surface area contributed by atoms with Gasteiger partial charge in [-0.2, -0.15) is 0 Å². The number of rotatable bonds is 7. The van der Waals surface area contributed by atoms with Crippen LogP contribution in [0.5, 0.6) is 5.75 Å². The van der Waals surface area contributed by atoms with Crippen LogP contribution in [0.15, 0.2) is 18.2 Å². The second-order valence-electron chi connectivity index (χ2n) is 4.57. The molecule has 2 N–H and O–H groups in total. The summed E-state index contributed by atoms with van der Waals surface area (Å²) in [6.07, 6.45) is -0.233. The van der Waals surface area contributed by atoms with Crippen molar-refractivity contribution in [2.45, 2.75) is 20.0 Å². The molecular weight excluding hydrogens is 298 g/mol. The van der Waals surface area contributed by atoms with Crippen molar-refractivity contribution in [2.24, 2.45) is 5.92 Å². The van der Waals surface area contributed by atoms with Gasteiger partial charge in [-0.1, -0.05) is 11.6 Å². The van der Waals surface area contributed by atoms with Gasteiger partial charge >= 0.3 is 5.97 Å². The molecule has 0 radical (unpaired) electrons. The van der Waals surface area contributed by atoms with Crippen molar-refractivity contribution in [3.05, 3.63) is 23.2 Å². The molecule has 0 saturated carbocycles. The summed E-state index contributed by atoms with van der Waals surface area (Å²) in [5.41, 5.74) is 0.323. The number of nitrogens with one attached hydrogen (secondary N) is 1. The van der Waals surface area contributed by atoms with Gasteiger partial charge in [0.05, 0.1) is 12.3 Å². The van der Waals surface area contributed by atoms with E-state index in [9.17, 15) is 9.59 Å². The number of carbonyl (C=O) groups excluding carboxylic acids is 1. The predicted octanol–water partition coefficient (Wildman–Crippen LogP) is 2.41. The Morgan fingerprint density at radius 1 is 1.38 bits per heavy atom. The largest absolute Gasteiger partial charge is 0.486 e. The Balaban J connectivity index is 2.91. The summed E-state index contributed by atoms with van der Waals surface area (Å²) in [7, 11) is 1.55. The maximum absolute atomic E-state index is 11.8. The lowest BCUT2D eigenvalue weighted by atomic mass is 10.1. The Hall–Kier alpha value is -1.79. The Bertz CT molecular complexity index is 520. The third kappa shape index (κ3) is 5.24. The van der Waals surface area contributed by atoms with E-state index in [-0.39, 0.29) is 6.10 Å². The van der Waals surface area contributed by atoms with Crippen LogP contribution < -0.4 is 10.1 Å². The number of methoxy groups -OCH3 is 1. The van der Waals surface area contributed by atoms with E-state index in [0.29, 0.717) is 23.1 Å². The second kappa shape index (κ2) is 7.85. The van der Waals surface area contributed by atoms with Gasteiger partial charge in [-0.25, -0.2) is 0 Å². The van der Waals surface area contributed by atoms with Crippen molar-refractivity contribution in [2.75, 3.05) is 19.0 Å². The molecule has 1 amide bonds. The number of carbonyl (C=O) groups is 2. The van der Waals surface area contributed by atoms with E-state index in [0.717, 1.165) is 0 Å². The summed E-state index contributed by atoms with van der Waals surface area (Å²) in [5.74, 6) is -2.62. The first-order chi connectivity index (χ1) is 9.85. The number of carboxylic acid groups (broad SMARTS) is 1. The van der Waals surface area contributed by atoms with E-state index in [1.54, 1.807) is 19.2 Å². The van der Waals surface area contributed by atoms with Crippen LogP contribution in [-0.4, -0.2) is 36.8 Å². The van der Waals surface area contributed by atoms with E-state index in [1.807, 2.05) is 6.92 Å². The molecule has 1 aromatic rings. The molecular formula is C14H18ClNO5. The molecule has 0 aromatic heterocycles. The highest BCUT2D eigenvalue weighted by Gasteiger charge is 2.22. The van der Waals surface area contributed by atoms with Crippen LogP contribution in [0, 0.1) is 5.92 Å². The fraction of sp³-hybridized carbons (Fsp3) is 0.429. The number of hydrogen-bond acceptors (Lipinski definition) is 4. The molecule has 2 unspecified atom stereocenters. The third-order valence-corrected chi connectivity index (χ3v) is 2.93. The number of halogens is 1. The van der Waals surface area contributed by atoms with E-state index in [4.69, 9.17) is 26.2 Å². The molecule has 0 fully saturated rings. The number of hydrogen-bond donors (Lipinski definition) is 2. The van der Waals surface area contributed by atoms with Gasteiger partial charge in [0.2, 0.25) is 5.91 Å². The van der Waals surface area contributed by atoms with Gasteiger partial charge in [0.15, 0.2) is 0 Å². The summed E-state index contributed by atoms with van der Waals surface area (Å²) in [4.78, 5) is 22.6. The maximum atomic E-state index is 11.8. The highest BCUT2D eigenvalue weighted by Crippen LogP contribution is 2.29. The SMILES string of the molecule is COCC(C)Oc1ccc(Cl)cc1NC(=O)C(C)C(=O)O. The van der Waals surface area contributed by atoms with Crippen LogP contribution in [0.25, 0.3) is 0 Å². The zero-order chi connectivity index (χ0) is 16.0. The Kier molecular flexibility index (Phi) is 6.45. The average Bonchev–Trinajstić information content (AvgIpc) is 2.41. The van der Waals surface area contributed by atoms with Gasteiger partial charge in [-0.15, -0.1) is 0 Å². The minimum absolute atomic E-state index is 0.233. The maximum Gasteiger partial charge on any atom is 0.315 e. The van der Waals surface area contributed by atoms with Gasteiger partial charge in [0.1, 0.15) is 17.8 Å². The standard InChI is InChI=1S/C14H18ClNO5/c1-8(7-20-3)21-12-5-4-10(15)6-11(12)16-13(17)9(2)14(18)19/h4-6,8-9H,7H2,1-3H3,(H,16,17)(H,18,19). The van der Waals surface area contributed by atoms with Crippen molar-refractivity contribution >= 4 is 29.2 Å². The average molecular weight is 316 g/mol. The van der Waals surface area contributed by atoms with Crippen molar-refractivity contribution in [1.29, 1.82) is 0 Å². The number of amides is 1. The van der Waals surface area contributed by atoms with E-state index >= 15 is 0 Å². The number of carboxylic acids is 1. The predicted molar refractivity (Wildman–Crippen MR) is 78.8 cm³/mol. The van der Waals surface area contributed by atoms with Gasteiger partial charge in [0, 0.05) is 12.1 Å². The molecule has 0 heterocycles. The Morgan fingerprint density at radius 3 is 2.62 bits per heavy atom. The molecule has 116 valence electrons. The summed E-state index contributed by atoms with van der Waals surface area (Å²) in [6, 6.07) is 4.73. The van der Waals surface area contributed by atoms with Crippen LogP contribution in [0.3, 0.4) is 0 Å². The molecule has 0 aliphatic rings. The van der Waals surface area contributed by atoms with Crippen molar-refractivity contribution < 1.29 is 24.2 Å². The van der Waals surface area contributed by atoms with Gasteiger partial charge in [-0.05, 0) is 32.0 Å².